The van der Waals surface area contributed by atoms with E-state index in [9.17, 15) is 9.59 Å². The number of carbonyl (C=O) groups excluding carboxylic acids is 2. The van der Waals surface area contributed by atoms with Crippen molar-refractivity contribution in [3.63, 3.8) is 0 Å². The summed E-state index contributed by atoms with van der Waals surface area (Å²) in [6, 6.07) is 10.6. The number of rotatable bonds is 5. The number of methoxy groups -OCH3 is 1. The molecule has 2 heterocycles. The van der Waals surface area contributed by atoms with Crippen LogP contribution in [0, 0.1) is 0 Å². The highest BCUT2D eigenvalue weighted by Crippen LogP contribution is 2.31. The molecule has 0 saturated heterocycles. The zero-order chi connectivity index (χ0) is 18.0. The molecule has 0 aliphatic rings. The maximum atomic E-state index is 12.9. The summed E-state index contributed by atoms with van der Waals surface area (Å²) in [6.45, 7) is 1.92. The van der Waals surface area contributed by atoms with Gasteiger partial charge in [0.2, 0.25) is 5.91 Å². The molecule has 2 aromatic heterocycles. The number of ether oxygens (including phenoxy) is 1. The van der Waals surface area contributed by atoms with E-state index in [4.69, 9.17) is 4.74 Å². The van der Waals surface area contributed by atoms with E-state index in [0.717, 1.165) is 14.7 Å². The molecule has 3 rings (SSSR count). The van der Waals surface area contributed by atoms with Gasteiger partial charge in [0.1, 0.15) is 16.6 Å². The van der Waals surface area contributed by atoms with Gasteiger partial charge in [-0.15, -0.1) is 11.3 Å². The lowest BCUT2D eigenvalue weighted by atomic mass is 10.2. The average molecular weight is 421 g/mol. The van der Waals surface area contributed by atoms with Crippen LogP contribution >= 0.6 is 27.3 Å². The van der Waals surface area contributed by atoms with Crippen molar-refractivity contribution in [2.45, 2.75) is 19.4 Å². The monoisotopic (exact) mass is 420 g/mol. The van der Waals surface area contributed by atoms with Crippen molar-refractivity contribution in [3.8, 4) is 0 Å². The number of nitrogens with zero attached hydrogens (tertiary/aromatic N) is 1. The van der Waals surface area contributed by atoms with E-state index in [1.54, 1.807) is 10.6 Å². The molecule has 7 heteroatoms. The van der Waals surface area contributed by atoms with Crippen LogP contribution < -0.4 is 5.32 Å². The van der Waals surface area contributed by atoms with Crippen LogP contribution in [0.5, 0.6) is 0 Å². The Morgan fingerprint density at radius 2 is 2.00 bits per heavy atom. The Kier molecular flexibility index (Phi) is 5.24. The van der Waals surface area contributed by atoms with Crippen LogP contribution in [0.1, 0.15) is 29.9 Å². The number of hydrogen-bond donors (Lipinski definition) is 1. The van der Waals surface area contributed by atoms with Crippen LogP contribution in [-0.2, 0) is 9.53 Å². The maximum Gasteiger partial charge on any atom is 0.354 e. The summed E-state index contributed by atoms with van der Waals surface area (Å²) in [7, 11) is 1.34. The second-order valence-electron chi connectivity index (χ2n) is 5.49. The number of anilines is 1. The fourth-order valence-corrected chi connectivity index (χ4v) is 3.97. The number of nitrogens with one attached hydrogen (secondary N) is 1. The minimum atomic E-state index is -0.506. The van der Waals surface area contributed by atoms with E-state index in [-0.39, 0.29) is 5.91 Å². The Balaban J connectivity index is 1.98. The molecule has 25 heavy (non-hydrogen) atoms. The number of thiophene rings is 1. The molecule has 5 nitrogen and oxygen atoms in total. The molecule has 0 aliphatic carbocycles. The van der Waals surface area contributed by atoms with Gasteiger partial charge >= 0.3 is 5.97 Å². The number of fused-ring (bicyclic) bond motifs is 1. The van der Waals surface area contributed by atoms with E-state index in [2.05, 4.69) is 21.2 Å². The standard InChI is InChI=1S/C18H17BrN2O3S/c1-3-14(16(22)20-13-6-4-12(19)5-7-13)21-15(18(23)24-2)10-11-8-9-25-17(11)21/h4-10,14H,3H2,1-2H3,(H,20,22). The number of aromatic nitrogens is 1. The normalized spacial score (nSPS) is 12.1. The van der Waals surface area contributed by atoms with Crippen molar-refractivity contribution in [1.29, 1.82) is 0 Å². The first-order chi connectivity index (χ1) is 12.0. The summed E-state index contributed by atoms with van der Waals surface area (Å²) in [4.78, 5) is 25.9. The van der Waals surface area contributed by atoms with Gasteiger partial charge in [-0.2, -0.15) is 0 Å². The van der Waals surface area contributed by atoms with Gasteiger partial charge in [0.05, 0.1) is 7.11 Å². The molecule has 1 atom stereocenters. The zero-order valence-corrected chi connectivity index (χ0v) is 16.2. The topological polar surface area (TPSA) is 60.3 Å². The molecular weight excluding hydrogens is 404 g/mol. The molecule has 0 saturated carbocycles. The number of halogens is 1. The second kappa shape index (κ2) is 7.41. The van der Waals surface area contributed by atoms with E-state index in [0.29, 0.717) is 17.8 Å². The maximum absolute atomic E-state index is 12.9. The van der Waals surface area contributed by atoms with Crippen molar-refractivity contribution in [2.75, 3.05) is 12.4 Å². The third kappa shape index (κ3) is 3.48. The fraction of sp³-hybridized carbons (Fsp3) is 0.222. The molecule has 0 bridgehead atoms. The van der Waals surface area contributed by atoms with Gasteiger partial charge < -0.3 is 14.6 Å². The Morgan fingerprint density at radius 1 is 1.28 bits per heavy atom. The van der Waals surface area contributed by atoms with E-state index in [1.807, 2.05) is 42.6 Å². The van der Waals surface area contributed by atoms with Gasteiger partial charge in [0.25, 0.3) is 0 Å². The van der Waals surface area contributed by atoms with E-state index < -0.39 is 12.0 Å². The highest BCUT2D eigenvalue weighted by molar-refractivity contribution is 9.10. The predicted octanol–water partition coefficient (Wildman–Crippen LogP) is 4.84. The summed E-state index contributed by atoms with van der Waals surface area (Å²) in [5.41, 5.74) is 1.10. The molecule has 0 aliphatic heterocycles. The first-order valence-corrected chi connectivity index (χ1v) is 9.45. The Bertz CT molecular complexity index is 914. The molecule has 0 radical (unpaired) electrons. The Labute approximate surface area is 157 Å². The molecule has 3 aromatic rings. The van der Waals surface area contributed by atoms with Crippen LogP contribution in [0.3, 0.4) is 0 Å². The minimum absolute atomic E-state index is 0.166. The van der Waals surface area contributed by atoms with E-state index >= 15 is 0 Å². The average Bonchev–Trinajstić information content (AvgIpc) is 3.19. The fourth-order valence-electron chi connectivity index (χ4n) is 2.76. The molecule has 1 amide bonds. The van der Waals surface area contributed by atoms with Gasteiger partial charge in [-0.1, -0.05) is 22.9 Å². The lowest BCUT2D eigenvalue weighted by molar-refractivity contribution is -0.119. The largest absolute Gasteiger partial charge is 0.464 e. The highest BCUT2D eigenvalue weighted by atomic mass is 79.9. The highest BCUT2D eigenvalue weighted by Gasteiger charge is 2.27. The van der Waals surface area contributed by atoms with Crippen LogP contribution in [0.25, 0.3) is 10.2 Å². The lowest BCUT2D eigenvalue weighted by Gasteiger charge is -2.19. The predicted molar refractivity (Wildman–Crippen MR) is 103 cm³/mol. The van der Waals surface area contributed by atoms with Crippen LogP contribution in [0.4, 0.5) is 5.69 Å². The smallest absolute Gasteiger partial charge is 0.354 e. The second-order valence-corrected chi connectivity index (χ2v) is 7.30. The van der Waals surface area contributed by atoms with Gasteiger partial charge in [-0.3, -0.25) is 4.79 Å². The number of esters is 1. The van der Waals surface area contributed by atoms with E-state index in [1.165, 1.54) is 18.4 Å². The summed E-state index contributed by atoms with van der Waals surface area (Å²) in [5, 5.41) is 5.80. The van der Waals surface area contributed by atoms with Crippen LogP contribution in [0.15, 0.2) is 46.3 Å². The lowest BCUT2D eigenvalue weighted by Crippen LogP contribution is -2.27. The van der Waals surface area contributed by atoms with Crippen LogP contribution in [0.2, 0.25) is 0 Å². The van der Waals surface area contributed by atoms with Gasteiger partial charge in [-0.05, 0) is 48.2 Å². The first kappa shape index (κ1) is 17.7. The molecule has 130 valence electrons. The summed E-state index contributed by atoms with van der Waals surface area (Å²) in [6.07, 6.45) is 0.550. The van der Waals surface area contributed by atoms with Gasteiger partial charge in [0.15, 0.2) is 0 Å². The van der Waals surface area contributed by atoms with Crippen LogP contribution in [-0.4, -0.2) is 23.6 Å². The molecule has 0 spiro atoms. The van der Waals surface area contributed by atoms with Gasteiger partial charge in [-0.25, -0.2) is 4.79 Å². The summed E-state index contributed by atoms with van der Waals surface area (Å²) < 4.78 is 7.61. The number of amides is 1. The van der Waals surface area contributed by atoms with Crippen molar-refractivity contribution in [1.82, 2.24) is 4.57 Å². The number of carbonyl (C=O) groups is 2. The van der Waals surface area contributed by atoms with Crippen molar-refractivity contribution < 1.29 is 14.3 Å². The number of benzene rings is 1. The van der Waals surface area contributed by atoms with Crippen molar-refractivity contribution in [2.24, 2.45) is 0 Å². The van der Waals surface area contributed by atoms with Crippen molar-refractivity contribution >= 4 is 55.0 Å². The Morgan fingerprint density at radius 3 is 2.64 bits per heavy atom. The number of hydrogen-bond acceptors (Lipinski definition) is 4. The molecular formula is C18H17BrN2O3S. The molecule has 1 aromatic carbocycles. The third-order valence-electron chi connectivity index (χ3n) is 3.95. The minimum Gasteiger partial charge on any atom is -0.464 e. The summed E-state index contributed by atoms with van der Waals surface area (Å²) >= 11 is 4.88. The first-order valence-electron chi connectivity index (χ1n) is 7.78. The van der Waals surface area contributed by atoms with Crippen molar-refractivity contribution in [3.05, 3.63) is 51.9 Å². The molecule has 1 unspecified atom stereocenters. The SMILES string of the molecule is CCC(C(=O)Nc1ccc(Br)cc1)n1c(C(=O)OC)cc2ccsc21. The molecule has 0 fully saturated rings. The zero-order valence-electron chi connectivity index (χ0n) is 13.8. The quantitative estimate of drug-likeness (QED) is 0.600. The Hall–Kier alpha value is -2.12. The third-order valence-corrected chi connectivity index (χ3v) is 5.41. The van der Waals surface area contributed by atoms with Gasteiger partial charge in [0, 0.05) is 15.5 Å². The summed E-state index contributed by atoms with van der Waals surface area (Å²) in [5.74, 6) is -0.612. The molecule has 1 N–H and O–H groups in total.